The molecular weight excluding hydrogens is 481 g/mol. The van der Waals surface area contributed by atoms with E-state index in [4.69, 9.17) is 9.47 Å². The summed E-state index contributed by atoms with van der Waals surface area (Å²) in [5.41, 5.74) is 2.36. The topological polar surface area (TPSA) is 71.1 Å². The van der Waals surface area contributed by atoms with Gasteiger partial charge in [0.05, 0.1) is 6.54 Å². The molecule has 3 amide bonds. The van der Waals surface area contributed by atoms with Gasteiger partial charge in [0, 0.05) is 23.2 Å². The fraction of sp³-hybridized carbons (Fsp3) is 0.333. The lowest BCUT2D eigenvalue weighted by atomic mass is 10.1. The normalized spacial score (nSPS) is 12.8. The first-order valence-electron chi connectivity index (χ1n) is 11.9. The van der Waals surface area contributed by atoms with Crippen LogP contribution >= 0.6 is 11.3 Å². The van der Waals surface area contributed by atoms with E-state index in [0.29, 0.717) is 36.7 Å². The van der Waals surface area contributed by atoms with Crippen molar-refractivity contribution in [3.63, 3.8) is 0 Å². The van der Waals surface area contributed by atoms with Crippen LogP contribution in [0.1, 0.15) is 36.3 Å². The Labute approximate surface area is 214 Å². The number of thiophene rings is 1. The predicted molar refractivity (Wildman–Crippen MR) is 138 cm³/mol. The van der Waals surface area contributed by atoms with E-state index in [1.165, 1.54) is 23.1 Å². The third-order valence-corrected chi connectivity index (χ3v) is 7.24. The van der Waals surface area contributed by atoms with Crippen LogP contribution in [0.2, 0.25) is 0 Å². The molecule has 0 fully saturated rings. The van der Waals surface area contributed by atoms with Gasteiger partial charge in [0.1, 0.15) is 12.4 Å². The minimum absolute atomic E-state index is 0.106. The van der Waals surface area contributed by atoms with Gasteiger partial charge in [0.25, 0.3) is 0 Å². The minimum atomic E-state index is -0.446. The maximum absolute atomic E-state index is 13.7. The second kappa shape index (κ2) is 11.4. The largest absolute Gasteiger partial charge is 0.454 e. The lowest BCUT2D eigenvalue weighted by Crippen LogP contribution is -2.47. The summed E-state index contributed by atoms with van der Waals surface area (Å²) in [5, 5.41) is 4.73. The van der Waals surface area contributed by atoms with Crippen molar-refractivity contribution in [2.75, 3.05) is 18.7 Å². The Hall–Kier alpha value is -3.59. The monoisotopic (exact) mass is 511 g/mol. The predicted octanol–water partition coefficient (Wildman–Crippen LogP) is 5.79. The summed E-state index contributed by atoms with van der Waals surface area (Å²) in [6, 6.07) is 12.7. The van der Waals surface area contributed by atoms with Gasteiger partial charge in [0.2, 0.25) is 12.7 Å². The first-order chi connectivity index (χ1) is 17.3. The van der Waals surface area contributed by atoms with Crippen LogP contribution in [-0.2, 0) is 17.9 Å². The molecule has 1 aliphatic rings. The molecule has 1 N–H and O–H groups in total. The molecule has 1 aliphatic heterocycles. The number of rotatable bonds is 9. The van der Waals surface area contributed by atoms with Crippen molar-refractivity contribution in [3.8, 4) is 11.5 Å². The molecule has 0 aliphatic carbocycles. The van der Waals surface area contributed by atoms with Crippen LogP contribution in [0.3, 0.4) is 0 Å². The number of nitrogens with one attached hydrogen (secondary N) is 1. The lowest BCUT2D eigenvalue weighted by molar-refractivity contribution is -0.133. The van der Waals surface area contributed by atoms with Gasteiger partial charge in [-0.2, -0.15) is 0 Å². The number of aryl methyl sites for hydroxylation is 1. The highest BCUT2D eigenvalue weighted by molar-refractivity contribution is 7.10. The summed E-state index contributed by atoms with van der Waals surface area (Å²) in [5.74, 6) is 0.709. The van der Waals surface area contributed by atoms with Crippen molar-refractivity contribution in [3.05, 3.63) is 75.7 Å². The Morgan fingerprint density at radius 2 is 1.92 bits per heavy atom. The molecule has 0 radical (unpaired) electrons. The summed E-state index contributed by atoms with van der Waals surface area (Å²) in [6.07, 6.45) is 0.663. The van der Waals surface area contributed by atoms with Crippen LogP contribution in [0, 0.1) is 12.7 Å². The lowest BCUT2D eigenvalue weighted by Gasteiger charge is -2.31. The van der Waals surface area contributed by atoms with Crippen LogP contribution < -0.4 is 14.8 Å². The first kappa shape index (κ1) is 25.5. The van der Waals surface area contributed by atoms with Crippen molar-refractivity contribution in [1.29, 1.82) is 0 Å². The summed E-state index contributed by atoms with van der Waals surface area (Å²) in [4.78, 5) is 31.1. The SMILES string of the molecule is CCC(C)N(CC(=O)N(Cc1ccc2c(c1)OCO2)Cc1sccc1C)C(=O)Nc1cccc(F)c1. The number of anilines is 1. The highest BCUT2D eigenvalue weighted by atomic mass is 32.1. The summed E-state index contributed by atoms with van der Waals surface area (Å²) in [6.45, 7) is 6.72. The molecule has 0 bridgehead atoms. The number of nitrogens with zero attached hydrogens (tertiary/aromatic N) is 2. The molecule has 2 heterocycles. The summed E-state index contributed by atoms with van der Waals surface area (Å²) in [7, 11) is 0. The number of ether oxygens (including phenoxy) is 2. The number of carbonyl (C=O) groups excluding carboxylic acids is 2. The third-order valence-electron chi connectivity index (χ3n) is 6.23. The van der Waals surface area contributed by atoms with E-state index in [9.17, 15) is 14.0 Å². The zero-order chi connectivity index (χ0) is 25.7. The molecule has 36 heavy (non-hydrogen) atoms. The number of urea groups is 1. The molecule has 1 aromatic heterocycles. The molecule has 190 valence electrons. The van der Waals surface area contributed by atoms with Crippen LogP contribution in [0.15, 0.2) is 53.9 Å². The number of amides is 3. The zero-order valence-corrected chi connectivity index (χ0v) is 21.4. The first-order valence-corrected chi connectivity index (χ1v) is 12.7. The van der Waals surface area contributed by atoms with Gasteiger partial charge in [-0.05, 0) is 73.2 Å². The number of benzene rings is 2. The van der Waals surface area contributed by atoms with Gasteiger partial charge in [-0.25, -0.2) is 9.18 Å². The average molecular weight is 512 g/mol. The van der Waals surface area contributed by atoms with Crippen molar-refractivity contribution in [2.45, 2.75) is 46.3 Å². The average Bonchev–Trinajstić information content (AvgIpc) is 3.49. The molecule has 3 aromatic rings. The summed E-state index contributed by atoms with van der Waals surface area (Å²) >= 11 is 1.60. The minimum Gasteiger partial charge on any atom is -0.454 e. The maximum atomic E-state index is 13.7. The van der Waals surface area contributed by atoms with Gasteiger partial charge in [-0.1, -0.05) is 19.1 Å². The second-order valence-electron chi connectivity index (χ2n) is 8.79. The maximum Gasteiger partial charge on any atom is 0.322 e. The van der Waals surface area contributed by atoms with E-state index >= 15 is 0 Å². The smallest absolute Gasteiger partial charge is 0.322 e. The molecule has 0 spiro atoms. The van der Waals surface area contributed by atoms with Gasteiger partial charge in [-0.15, -0.1) is 11.3 Å². The van der Waals surface area contributed by atoms with Crippen LogP contribution in [0.5, 0.6) is 11.5 Å². The fourth-order valence-corrected chi connectivity index (χ4v) is 4.81. The van der Waals surface area contributed by atoms with Crippen molar-refractivity contribution >= 4 is 29.0 Å². The standard InChI is InChI=1S/C27H30FN3O4S/c1-4-19(3)31(27(33)29-22-7-5-6-21(28)13-22)16-26(32)30(15-25-18(2)10-11-36-25)14-20-8-9-23-24(12-20)35-17-34-23/h5-13,19H,4,14-17H2,1-3H3,(H,29,33). The van der Waals surface area contributed by atoms with Crippen molar-refractivity contribution in [2.24, 2.45) is 0 Å². The molecular formula is C27H30FN3O4S. The summed E-state index contributed by atoms with van der Waals surface area (Å²) < 4.78 is 24.5. The Morgan fingerprint density at radius 1 is 1.11 bits per heavy atom. The van der Waals surface area contributed by atoms with E-state index in [0.717, 1.165) is 16.0 Å². The van der Waals surface area contributed by atoms with E-state index in [1.807, 2.05) is 50.4 Å². The van der Waals surface area contributed by atoms with Crippen LogP contribution in [0.4, 0.5) is 14.9 Å². The molecule has 1 unspecified atom stereocenters. The molecule has 9 heteroatoms. The number of carbonyl (C=O) groups is 2. The van der Waals surface area contributed by atoms with Crippen LogP contribution in [-0.4, -0.2) is 41.1 Å². The van der Waals surface area contributed by atoms with Crippen molar-refractivity contribution in [1.82, 2.24) is 9.80 Å². The number of hydrogen-bond donors (Lipinski definition) is 1. The number of hydrogen-bond acceptors (Lipinski definition) is 5. The molecule has 4 rings (SSSR count). The highest BCUT2D eigenvalue weighted by Gasteiger charge is 2.26. The van der Waals surface area contributed by atoms with Gasteiger partial charge in [-0.3, -0.25) is 4.79 Å². The van der Waals surface area contributed by atoms with Crippen molar-refractivity contribution < 1.29 is 23.5 Å². The Bertz CT molecular complexity index is 1230. The fourth-order valence-electron chi connectivity index (χ4n) is 3.89. The second-order valence-corrected chi connectivity index (χ2v) is 9.79. The quantitative estimate of drug-likeness (QED) is 0.395. The van der Waals surface area contributed by atoms with E-state index in [2.05, 4.69) is 5.32 Å². The molecule has 0 saturated heterocycles. The molecule has 0 saturated carbocycles. The zero-order valence-electron chi connectivity index (χ0n) is 20.6. The van der Waals surface area contributed by atoms with Gasteiger partial charge < -0.3 is 24.6 Å². The van der Waals surface area contributed by atoms with E-state index in [-0.39, 0.29) is 25.3 Å². The Balaban J connectivity index is 1.54. The highest BCUT2D eigenvalue weighted by Crippen LogP contribution is 2.33. The Morgan fingerprint density at radius 3 is 2.64 bits per heavy atom. The van der Waals surface area contributed by atoms with Crippen LogP contribution in [0.25, 0.3) is 0 Å². The van der Waals surface area contributed by atoms with E-state index < -0.39 is 11.8 Å². The van der Waals surface area contributed by atoms with E-state index in [1.54, 1.807) is 22.3 Å². The molecule has 7 nitrogen and oxygen atoms in total. The number of fused-ring (bicyclic) bond motifs is 1. The van der Waals surface area contributed by atoms with Gasteiger partial charge in [0.15, 0.2) is 11.5 Å². The molecule has 2 aromatic carbocycles. The Kier molecular flexibility index (Phi) is 8.10. The number of halogens is 1. The van der Waals surface area contributed by atoms with Gasteiger partial charge >= 0.3 is 6.03 Å². The third kappa shape index (κ3) is 6.15. The molecule has 1 atom stereocenters.